The molecule has 0 aliphatic rings. The van der Waals surface area contributed by atoms with Gasteiger partial charge in [-0.25, -0.2) is 0 Å². The van der Waals surface area contributed by atoms with Crippen molar-refractivity contribution in [3.8, 4) is 5.75 Å². The van der Waals surface area contributed by atoms with Crippen LogP contribution < -0.4 is 10.1 Å². The van der Waals surface area contributed by atoms with Crippen LogP contribution >= 0.6 is 11.8 Å². The van der Waals surface area contributed by atoms with E-state index in [9.17, 15) is 14.9 Å². The minimum atomic E-state index is -0.516. The Morgan fingerprint density at radius 3 is 2.65 bits per heavy atom. The van der Waals surface area contributed by atoms with Crippen LogP contribution in [0.4, 0.5) is 5.69 Å². The third kappa shape index (κ3) is 6.03. The third-order valence-electron chi connectivity index (χ3n) is 4.22. The molecule has 10 nitrogen and oxygen atoms in total. The van der Waals surface area contributed by atoms with E-state index in [1.54, 1.807) is 43.0 Å². The highest BCUT2D eigenvalue weighted by Crippen LogP contribution is 2.34. The molecule has 31 heavy (non-hydrogen) atoms. The number of carbonyl (C=O) groups is 1. The summed E-state index contributed by atoms with van der Waals surface area (Å²) in [5.41, 5.74) is 0.906. The van der Waals surface area contributed by atoms with Gasteiger partial charge in [0.1, 0.15) is 18.7 Å². The quantitative estimate of drug-likeness (QED) is 0.288. The van der Waals surface area contributed by atoms with Crippen molar-refractivity contribution in [3.63, 3.8) is 0 Å². The molecule has 1 aromatic heterocycles. The number of nitro groups is 1. The summed E-state index contributed by atoms with van der Waals surface area (Å²) in [7, 11) is 3.35. The third-order valence-corrected chi connectivity index (χ3v) is 5.34. The Labute approximate surface area is 182 Å². The average Bonchev–Trinajstić information content (AvgIpc) is 3.17. The fourth-order valence-electron chi connectivity index (χ4n) is 2.58. The Balaban J connectivity index is 1.64. The molecule has 0 fully saturated rings. The molecule has 11 heteroatoms. The molecule has 162 valence electrons. The van der Waals surface area contributed by atoms with E-state index < -0.39 is 10.8 Å². The van der Waals surface area contributed by atoms with Crippen molar-refractivity contribution >= 4 is 23.4 Å². The van der Waals surface area contributed by atoms with E-state index >= 15 is 0 Å². The van der Waals surface area contributed by atoms with Crippen LogP contribution in [0.15, 0.2) is 58.8 Å². The van der Waals surface area contributed by atoms with E-state index in [2.05, 4.69) is 15.5 Å². The second-order valence-corrected chi connectivity index (χ2v) is 7.44. The SMILES string of the molecule is COCCOc1ccc(CNC(=O)c2ccc(Sc3nncn3C)c([N+](=O)[O-])c2)cc1. The number of nitrogens with zero attached hydrogens (tertiary/aromatic N) is 4. The van der Waals surface area contributed by atoms with E-state index in [0.717, 1.165) is 17.3 Å². The van der Waals surface area contributed by atoms with Gasteiger partial charge in [-0.1, -0.05) is 12.1 Å². The van der Waals surface area contributed by atoms with E-state index in [-0.39, 0.29) is 17.8 Å². The van der Waals surface area contributed by atoms with Gasteiger partial charge in [0.25, 0.3) is 11.6 Å². The van der Waals surface area contributed by atoms with Gasteiger partial charge in [0.05, 0.1) is 16.4 Å². The van der Waals surface area contributed by atoms with Crippen molar-refractivity contribution in [1.29, 1.82) is 0 Å². The summed E-state index contributed by atoms with van der Waals surface area (Å²) >= 11 is 1.11. The van der Waals surface area contributed by atoms with Crippen LogP contribution in [0.2, 0.25) is 0 Å². The lowest BCUT2D eigenvalue weighted by Gasteiger charge is -2.09. The zero-order valence-electron chi connectivity index (χ0n) is 17.0. The van der Waals surface area contributed by atoms with Gasteiger partial charge >= 0.3 is 0 Å². The van der Waals surface area contributed by atoms with Crippen LogP contribution in [0.3, 0.4) is 0 Å². The maximum atomic E-state index is 12.5. The summed E-state index contributed by atoms with van der Waals surface area (Å²) in [6, 6.07) is 11.6. The second-order valence-electron chi connectivity index (χ2n) is 6.43. The lowest BCUT2D eigenvalue weighted by molar-refractivity contribution is -0.387. The van der Waals surface area contributed by atoms with E-state index in [1.165, 1.54) is 12.4 Å². The van der Waals surface area contributed by atoms with Crippen molar-refractivity contribution in [3.05, 3.63) is 70.0 Å². The molecular formula is C20H21N5O5S. The number of benzene rings is 2. The Kier molecular flexibility index (Phi) is 7.57. The molecule has 3 rings (SSSR count). The number of amides is 1. The van der Waals surface area contributed by atoms with E-state index in [0.29, 0.717) is 29.0 Å². The highest BCUT2D eigenvalue weighted by molar-refractivity contribution is 7.99. The van der Waals surface area contributed by atoms with Crippen LogP contribution in [0.25, 0.3) is 0 Å². The van der Waals surface area contributed by atoms with E-state index in [4.69, 9.17) is 9.47 Å². The molecule has 0 unspecified atom stereocenters. The van der Waals surface area contributed by atoms with Crippen molar-refractivity contribution in [2.75, 3.05) is 20.3 Å². The van der Waals surface area contributed by atoms with Crippen LogP contribution in [0, 0.1) is 10.1 Å². The number of ether oxygens (including phenoxy) is 2. The Morgan fingerprint density at radius 1 is 1.23 bits per heavy atom. The minimum absolute atomic E-state index is 0.168. The molecule has 1 amide bonds. The topological polar surface area (TPSA) is 121 Å². The fourth-order valence-corrected chi connectivity index (χ4v) is 3.43. The second kappa shape index (κ2) is 10.5. The van der Waals surface area contributed by atoms with Crippen LogP contribution in [-0.4, -0.2) is 45.9 Å². The molecule has 0 radical (unpaired) electrons. The van der Waals surface area contributed by atoms with Crippen molar-refractivity contribution in [2.45, 2.75) is 16.6 Å². The Bertz CT molecular complexity index is 1050. The van der Waals surface area contributed by atoms with Gasteiger partial charge in [-0.15, -0.1) is 10.2 Å². The van der Waals surface area contributed by atoms with Crippen LogP contribution in [0.5, 0.6) is 5.75 Å². The van der Waals surface area contributed by atoms with E-state index in [1.807, 2.05) is 12.1 Å². The molecule has 3 aromatic rings. The van der Waals surface area contributed by atoms with Gasteiger partial charge in [-0.05, 0) is 41.6 Å². The fraction of sp³-hybridized carbons (Fsp3) is 0.250. The van der Waals surface area contributed by atoms with Gasteiger partial charge in [0.15, 0.2) is 5.16 Å². The lowest BCUT2D eigenvalue weighted by atomic mass is 10.1. The van der Waals surface area contributed by atoms with Gasteiger partial charge < -0.3 is 19.4 Å². The minimum Gasteiger partial charge on any atom is -0.491 e. The Hall–Kier alpha value is -3.44. The van der Waals surface area contributed by atoms with Gasteiger partial charge in [-0.3, -0.25) is 14.9 Å². The number of nitro benzene ring substituents is 1. The van der Waals surface area contributed by atoms with Crippen molar-refractivity contribution in [2.24, 2.45) is 7.05 Å². The van der Waals surface area contributed by atoms with Crippen molar-refractivity contribution in [1.82, 2.24) is 20.1 Å². The highest BCUT2D eigenvalue weighted by atomic mass is 32.2. The number of hydrogen-bond donors (Lipinski definition) is 1. The molecule has 1 N–H and O–H groups in total. The predicted octanol–water partition coefficient (Wildman–Crippen LogP) is 2.83. The van der Waals surface area contributed by atoms with Crippen LogP contribution in [0.1, 0.15) is 15.9 Å². The summed E-state index contributed by atoms with van der Waals surface area (Å²) in [6.45, 7) is 1.23. The molecule has 0 bridgehead atoms. The Morgan fingerprint density at radius 2 is 2.00 bits per heavy atom. The van der Waals surface area contributed by atoms with Crippen molar-refractivity contribution < 1.29 is 19.2 Å². The number of aromatic nitrogens is 3. The maximum Gasteiger partial charge on any atom is 0.284 e. The monoisotopic (exact) mass is 443 g/mol. The molecule has 0 atom stereocenters. The molecule has 0 saturated carbocycles. The largest absolute Gasteiger partial charge is 0.491 e. The van der Waals surface area contributed by atoms with Gasteiger partial charge in [0, 0.05) is 32.3 Å². The highest BCUT2D eigenvalue weighted by Gasteiger charge is 2.20. The number of hydrogen-bond acceptors (Lipinski definition) is 8. The lowest BCUT2D eigenvalue weighted by Crippen LogP contribution is -2.22. The predicted molar refractivity (Wildman–Crippen MR) is 113 cm³/mol. The first-order valence-corrected chi connectivity index (χ1v) is 10.1. The first kappa shape index (κ1) is 22.2. The average molecular weight is 443 g/mol. The summed E-state index contributed by atoms with van der Waals surface area (Å²) in [5.74, 6) is 0.303. The molecule has 1 heterocycles. The first-order chi connectivity index (χ1) is 15.0. The van der Waals surface area contributed by atoms with Crippen LogP contribution in [-0.2, 0) is 18.3 Å². The summed E-state index contributed by atoms with van der Waals surface area (Å²) in [4.78, 5) is 23.9. The zero-order chi connectivity index (χ0) is 22.2. The standard InChI is InChI=1S/C20H21N5O5S/c1-24-13-22-23-20(24)31-18-8-5-15(11-17(18)25(27)28)19(26)21-12-14-3-6-16(7-4-14)30-10-9-29-2/h3-8,11,13H,9-10,12H2,1-2H3,(H,21,26). The molecular weight excluding hydrogens is 422 g/mol. The number of nitrogens with one attached hydrogen (secondary N) is 1. The molecule has 0 aliphatic carbocycles. The maximum absolute atomic E-state index is 12.5. The first-order valence-electron chi connectivity index (χ1n) is 9.27. The van der Waals surface area contributed by atoms with Gasteiger partial charge in [-0.2, -0.15) is 0 Å². The molecule has 0 saturated heterocycles. The molecule has 2 aromatic carbocycles. The zero-order valence-corrected chi connectivity index (χ0v) is 17.8. The number of rotatable bonds is 10. The van der Waals surface area contributed by atoms with Gasteiger partial charge in [0.2, 0.25) is 0 Å². The normalized spacial score (nSPS) is 10.6. The number of aryl methyl sites for hydroxylation is 1. The number of carbonyl (C=O) groups excluding carboxylic acids is 1. The summed E-state index contributed by atoms with van der Waals surface area (Å²) in [6.07, 6.45) is 1.51. The smallest absolute Gasteiger partial charge is 0.284 e. The number of methoxy groups -OCH3 is 1. The summed E-state index contributed by atoms with van der Waals surface area (Å²) in [5, 5.41) is 22.5. The molecule has 0 aliphatic heterocycles. The molecule has 0 spiro atoms. The summed E-state index contributed by atoms with van der Waals surface area (Å²) < 4.78 is 12.1.